The van der Waals surface area contributed by atoms with Gasteiger partial charge in [-0.15, -0.1) is 24.0 Å². The monoisotopic (exact) mass is 534 g/mol. The number of carbonyl (C=O) groups excluding carboxylic acids is 1. The lowest BCUT2D eigenvalue weighted by atomic mass is 10.1. The highest BCUT2D eigenvalue weighted by atomic mass is 127. The first kappa shape index (κ1) is 24.5. The van der Waals surface area contributed by atoms with E-state index in [4.69, 9.17) is 23.2 Å². The van der Waals surface area contributed by atoms with Gasteiger partial charge in [-0.25, -0.2) is 0 Å². The predicted molar refractivity (Wildman–Crippen MR) is 129 cm³/mol. The molecule has 0 aromatic heterocycles. The van der Waals surface area contributed by atoms with Crippen molar-refractivity contribution in [3.63, 3.8) is 0 Å². The van der Waals surface area contributed by atoms with E-state index in [1.165, 1.54) is 6.92 Å². The van der Waals surface area contributed by atoms with Gasteiger partial charge in [0.25, 0.3) is 0 Å². The van der Waals surface area contributed by atoms with E-state index in [0.717, 1.165) is 42.2 Å². The second-order valence-electron chi connectivity index (χ2n) is 6.07. The minimum atomic E-state index is -0.0848. The molecule has 2 aromatic rings. The lowest BCUT2D eigenvalue weighted by Gasteiger charge is -2.13. The van der Waals surface area contributed by atoms with Crippen molar-refractivity contribution >= 4 is 64.7 Å². The number of nitrogens with zero attached hydrogens (tertiary/aromatic N) is 1. The van der Waals surface area contributed by atoms with E-state index >= 15 is 0 Å². The van der Waals surface area contributed by atoms with Gasteiger partial charge in [0.15, 0.2) is 5.96 Å². The number of hydrogen-bond acceptors (Lipinski definition) is 2. The fourth-order valence-corrected chi connectivity index (χ4v) is 3.08. The van der Waals surface area contributed by atoms with Crippen LogP contribution in [0.25, 0.3) is 0 Å². The lowest BCUT2D eigenvalue weighted by Crippen LogP contribution is -2.37. The molecule has 8 heteroatoms. The van der Waals surface area contributed by atoms with Gasteiger partial charge < -0.3 is 16.0 Å². The van der Waals surface area contributed by atoms with Crippen LogP contribution in [0.3, 0.4) is 0 Å². The van der Waals surface area contributed by atoms with Crippen molar-refractivity contribution in [3.8, 4) is 0 Å². The van der Waals surface area contributed by atoms with E-state index in [2.05, 4.69) is 20.9 Å². The molecule has 0 aliphatic rings. The summed E-state index contributed by atoms with van der Waals surface area (Å²) in [6, 6.07) is 13.3. The average molecular weight is 535 g/mol. The zero-order valence-electron chi connectivity index (χ0n) is 15.9. The molecule has 152 valence electrons. The quantitative estimate of drug-likeness (QED) is 0.205. The van der Waals surface area contributed by atoms with Crippen molar-refractivity contribution in [1.82, 2.24) is 10.6 Å². The Balaban J connectivity index is 0.00000392. The van der Waals surface area contributed by atoms with Crippen LogP contribution < -0.4 is 16.0 Å². The molecule has 0 unspecified atom stereocenters. The highest BCUT2D eigenvalue weighted by molar-refractivity contribution is 14.0. The van der Waals surface area contributed by atoms with E-state index in [1.807, 2.05) is 36.4 Å². The predicted octanol–water partition coefficient (Wildman–Crippen LogP) is 4.87. The Morgan fingerprint density at radius 3 is 2.57 bits per heavy atom. The molecule has 0 atom stereocenters. The minimum absolute atomic E-state index is 0. The van der Waals surface area contributed by atoms with Gasteiger partial charge in [0.2, 0.25) is 5.91 Å². The van der Waals surface area contributed by atoms with Crippen molar-refractivity contribution in [3.05, 3.63) is 63.6 Å². The van der Waals surface area contributed by atoms with E-state index < -0.39 is 0 Å². The van der Waals surface area contributed by atoms with Crippen LogP contribution in [0.15, 0.2) is 47.5 Å². The number of anilines is 1. The Bertz CT molecular complexity index is 815. The first-order chi connectivity index (χ1) is 13.0. The van der Waals surface area contributed by atoms with Gasteiger partial charge in [-0.1, -0.05) is 41.4 Å². The second kappa shape index (κ2) is 12.9. The van der Waals surface area contributed by atoms with Crippen LogP contribution in [0.1, 0.15) is 24.5 Å². The molecule has 28 heavy (non-hydrogen) atoms. The molecule has 0 bridgehead atoms. The summed E-state index contributed by atoms with van der Waals surface area (Å²) in [6.45, 7) is 2.87. The molecule has 0 spiro atoms. The Labute approximate surface area is 193 Å². The third-order valence-corrected chi connectivity index (χ3v) is 4.45. The lowest BCUT2D eigenvalue weighted by molar-refractivity contribution is -0.114. The number of carbonyl (C=O) groups is 1. The highest BCUT2D eigenvalue weighted by Crippen LogP contribution is 2.21. The zero-order valence-corrected chi connectivity index (χ0v) is 19.7. The molecule has 0 saturated carbocycles. The molecule has 0 aliphatic heterocycles. The summed E-state index contributed by atoms with van der Waals surface area (Å²) >= 11 is 12.1. The van der Waals surface area contributed by atoms with Gasteiger partial charge in [-0.05, 0) is 48.2 Å². The Hall–Kier alpha value is -1.51. The summed E-state index contributed by atoms with van der Waals surface area (Å²) in [5, 5.41) is 10.7. The molecule has 0 aliphatic carbocycles. The summed E-state index contributed by atoms with van der Waals surface area (Å²) < 4.78 is 0. The Kier molecular flexibility index (Phi) is 11.3. The number of halogens is 3. The maximum Gasteiger partial charge on any atom is 0.221 e. The van der Waals surface area contributed by atoms with Crippen LogP contribution in [0.4, 0.5) is 5.69 Å². The number of aliphatic imine (C=N–C) groups is 1. The van der Waals surface area contributed by atoms with E-state index in [-0.39, 0.29) is 29.9 Å². The van der Waals surface area contributed by atoms with Gasteiger partial charge in [0.1, 0.15) is 0 Å². The normalized spacial score (nSPS) is 10.8. The smallest absolute Gasteiger partial charge is 0.221 e. The second-order valence-corrected chi connectivity index (χ2v) is 6.92. The zero-order chi connectivity index (χ0) is 19.6. The minimum Gasteiger partial charge on any atom is -0.356 e. The first-order valence-corrected chi connectivity index (χ1v) is 9.48. The topological polar surface area (TPSA) is 65.5 Å². The van der Waals surface area contributed by atoms with E-state index in [9.17, 15) is 4.79 Å². The van der Waals surface area contributed by atoms with Crippen molar-refractivity contribution in [2.45, 2.75) is 26.3 Å². The van der Waals surface area contributed by atoms with Crippen molar-refractivity contribution < 1.29 is 4.79 Å². The first-order valence-electron chi connectivity index (χ1n) is 8.73. The van der Waals surface area contributed by atoms with Crippen LogP contribution in [0.5, 0.6) is 0 Å². The molecule has 0 fully saturated rings. The van der Waals surface area contributed by atoms with Gasteiger partial charge in [-0.2, -0.15) is 0 Å². The average Bonchev–Trinajstić information content (AvgIpc) is 2.62. The van der Waals surface area contributed by atoms with E-state index in [0.29, 0.717) is 16.6 Å². The van der Waals surface area contributed by atoms with Crippen molar-refractivity contribution in [2.24, 2.45) is 4.99 Å². The number of amides is 1. The Morgan fingerprint density at radius 2 is 1.89 bits per heavy atom. The SMILES string of the molecule is CN=C(NCCCc1ccc(Cl)cc1Cl)NCc1cccc(NC(C)=O)c1.I. The van der Waals surface area contributed by atoms with Gasteiger partial charge in [-0.3, -0.25) is 9.79 Å². The van der Waals surface area contributed by atoms with Gasteiger partial charge in [0.05, 0.1) is 0 Å². The number of guanidine groups is 1. The molecule has 1 amide bonds. The number of aryl methyl sites for hydroxylation is 1. The van der Waals surface area contributed by atoms with Crippen LogP contribution in [0, 0.1) is 0 Å². The van der Waals surface area contributed by atoms with Crippen LogP contribution in [0.2, 0.25) is 10.0 Å². The molecule has 2 aromatic carbocycles. The number of nitrogens with one attached hydrogen (secondary N) is 3. The summed E-state index contributed by atoms with van der Waals surface area (Å²) in [5.41, 5.74) is 2.92. The fourth-order valence-electron chi connectivity index (χ4n) is 2.58. The number of hydrogen-bond donors (Lipinski definition) is 3. The third-order valence-electron chi connectivity index (χ3n) is 3.86. The van der Waals surface area contributed by atoms with Gasteiger partial charge in [0, 0.05) is 42.8 Å². The fraction of sp³-hybridized carbons (Fsp3) is 0.300. The molecular weight excluding hydrogens is 510 g/mol. The van der Waals surface area contributed by atoms with Crippen LogP contribution in [-0.2, 0) is 17.8 Å². The molecule has 5 nitrogen and oxygen atoms in total. The van der Waals surface area contributed by atoms with Crippen LogP contribution >= 0.6 is 47.2 Å². The molecule has 0 heterocycles. The molecule has 3 N–H and O–H groups in total. The van der Waals surface area contributed by atoms with Crippen LogP contribution in [-0.4, -0.2) is 25.5 Å². The largest absolute Gasteiger partial charge is 0.356 e. The maximum absolute atomic E-state index is 11.2. The number of rotatable bonds is 7. The summed E-state index contributed by atoms with van der Waals surface area (Å²) in [6.07, 6.45) is 1.78. The molecule has 0 saturated heterocycles. The van der Waals surface area contributed by atoms with E-state index in [1.54, 1.807) is 13.1 Å². The standard InChI is InChI=1S/C20H24Cl2N4O.HI/c1-14(27)26-18-7-3-5-15(11-18)13-25-20(23-2)24-10-4-6-16-8-9-17(21)12-19(16)22;/h3,5,7-9,11-12H,4,6,10,13H2,1-2H3,(H,26,27)(H2,23,24,25);1H. The Morgan fingerprint density at radius 1 is 1.11 bits per heavy atom. The number of benzene rings is 2. The summed E-state index contributed by atoms with van der Waals surface area (Å²) in [7, 11) is 1.74. The van der Waals surface area contributed by atoms with Crippen molar-refractivity contribution in [1.29, 1.82) is 0 Å². The summed E-state index contributed by atoms with van der Waals surface area (Å²) in [4.78, 5) is 15.4. The van der Waals surface area contributed by atoms with Gasteiger partial charge >= 0.3 is 0 Å². The molecule has 0 radical (unpaired) electrons. The molecular formula is C20H25Cl2IN4O. The highest BCUT2D eigenvalue weighted by Gasteiger charge is 2.03. The maximum atomic E-state index is 11.2. The third kappa shape index (κ3) is 8.67. The molecule has 2 rings (SSSR count). The van der Waals surface area contributed by atoms with Crippen molar-refractivity contribution in [2.75, 3.05) is 18.9 Å². The summed E-state index contributed by atoms with van der Waals surface area (Å²) in [5.74, 6) is 0.639.